The Hall–Kier alpha value is -2.62. The first-order valence-corrected chi connectivity index (χ1v) is 11.0. The van der Waals surface area contributed by atoms with Gasteiger partial charge in [0.15, 0.2) is 5.78 Å². The van der Waals surface area contributed by atoms with E-state index >= 15 is 0 Å². The molecule has 1 fully saturated rings. The second kappa shape index (κ2) is 9.25. The molecule has 0 aliphatic heterocycles. The number of phenols is 1. The second-order valence-corrected chi connectivity index (χ2v) is 8.40. The maximum Gasteiger partial charge on any atom is 0.163 e. The molecule has 3 aromatic rings. The fraction of sp³-hybridized carbons (Fsp3) is 0.440. The molecular formula is C25H30N2O2. The number of aromatic nitrogens is 2. The predicted molar refractivity (Wildman–Crippen MR) is 115 cm³/mol. The molecule has 1 saturated carbocycles. The minimum absolute atomic E-state index is 0.0745. The Balaban J connectivity index is 1.31. The van der Waals surface area contributed by atoms with Crippen molar-refractivity contribution >= 4 is 11.4 Å². The molecule has 4 heteroatoms. The third-order valence-electron chi connectivity index (χ3n) is 6.16. The van der Waals surface area contributed by atoms with E-state index in [2.05, 4.69) is 27.7 Å². The molecule has 0 amide bonds. The van der Waals surface area contributed by atoms with E-state index < -0.39 is 0 Å². The van der Waals surface area contributed by atoms with Gasteiger partial charge in [0.05, 0.1) is 5.69 Å². The minimum atomic E-state index is 0.0745. The van der Waals surface area contributed by atoms with Gasteiger partial charge in [-0.15, -0.1) is 0 Å². The van der Waals surface area contributed by atoms with Crippen molar-refractivity contribution in [2.45, 2.75) is 64.2 Å². The summed E-state index contributed by atoms with van der Waals surface area (Å²) in [4.78, 5) is 17.0. The Morgan fingerprint density at radius 3 is 2.59 bits per heavy atom. The van der Waals surface area contributed by atoms with Gasteiger partial charge in [0.2, 0.25) is 0 Å². The lowest BCUT2D eigenvalue weighted by atomic mass is 9.85. The summed E-state index contributed by atoms with van der Waals surface area (Å²) in [5, 5.41) is 9.35. The lowest BCUT2D eigenvalue weighted by Crippen LogP contribution is -2.06. The molecule has 0 unspecified atom stereocenters. The summed E-state index contributed by atoms with van der Waals surface area (Å²) < 4.78 is 2.09. The number of imidazole rings is 1. The van der Waals surface area contributed by atoms with Gasteiger partial charge >= 0.3 is 0 Å². The van der Waals surface area contributed by atoms with Crippen LogP contribution in [0.1, 0.15) is 73.0 Å². The standard InChI is InChI=1S/C25H30N2O2/c28-23-13-10-21(11-14-23)24(29)15-12-22-18-27-17-20(9-16-25(27)26-22)8-4-7-19-5-2-1-3-6-19/h9-11,13-14,16-19,28H,1-8,12,15H2. The van der Waals surface area contributed by atoms with Crippen LogP contribution in [0.5, 0.6) is 5.75 Å². The van der Waals surface area contributed by atoms with Crippen molar-refractivity contribution in [1.29, 1.82) is 0 Å². The van der Waals surface area contributed by atoms with Crippen LogP contribution < -0.4 is 0 Å². The van der Waals surface area contributed by atoms with E-state index in [0.717, 1.165) is 23.7 Å². The lowest BCUT2D eigenvalue weighted by Gasteiger charge is -2.21. The second-order valence-electron chi connectivity index (χ2n) is 8.40. The van der Waals surface area contributed by atoms with E-state index in [1.54, 1.807) is 24.3 Å². The number of fused-ring (bicyclic) bond motifs is 1. The lowest BCUT2D eigenvalue weighted by molar-refractivity contribution is 0.0982. The summed E-state index contributed by atoms with van der Waals surface area (Å²) in [6, 6.07) is 10.7. The van der Waals surface area contributed by atoms with Crippen LogP contribution in [0.25, 0.3) is 5.65 Å². The maximum absolute atomic E-state index is 12.3. The van der Waals surface area contributed by atoms with Crippen molar-refractivity contribution in [3.05, 3.63) is 65.6 Å². The molecule has 0 radical (unpaired) electrons. The molecule has 4 rings (SSSR count). The number of carbonyl (C=O) groups excluding carboxylic acids is 1. The molecule has 0 saturated heterocycles. The highest BCUT2D eigenvalue weighted by atomic mass is 16.3. The number of benzene rings is 1. The Morgan fingerprint density at radius 1 is 1.00 bits per heavy atom. The fourth-order valence-electron chi connectivity index (χ4n) is 4.46. The van der Waals surface area contributed by atoms with Gasteiger partial charge in [-0.25, -0.2) is 4.98 Å². The molecule has 2 aromatic heterocycles. The average Bonchev–Trinajstić information content (AvgIpc) is 3.15. The average molecular weight is 391 g/mol. The smallest absolute Gasteiger partial charge is 0.163 e. The van der Waals surface area contributed by atoms with Crippen molar-refractivity contribution in [3.63, 3.8) is 0 Å². The summed E-state index contributed by atoms with van der Waals surface area (Å²) in [5.74, 6) is 1.19. The van der Waals surface area contributed by atoms with Crippen LogP contribution in [0.3, 0.4) is 0 Å². The van der Waals surface area contributed by atoms with Crippen molar-refractivity contribution in [3.8, 4) is 5.75 Å². The van der Waals surface area contributed by atoms with Gasteiger partial charge in [-0.2, -0.15) is 0 Å². The van der Waals surface area contributed by atoms with Gasteiger partial charge in [0, 0.05) is 24.4 Å². The highest BCUT2D eigenvalue weighted by Crippen LogP contribution is 2.27. The van der Waals surface area contributed by atoms with Crippen molar-refractivity contribution < 1.29 is 9.90 Å². The molecule has 1 aliphatic carbocycles. The molecule has 4 nitrogen and oxygen atoms in total. The number of pyridine rings is 1. The number of rotatable bonds is 8. The predicted octanol–water partition coefficient (Wildman–Crippen LogP) is 5.76. The van der Waals surface area contributed by atoms with Crippen LogP contribution in [-0.2, 0) is 12.8 Å². The van der Waals surface area contributed by atoms with Gasteiger partial charge in [-0.05, 0) is 61.1 Å². The number of aryl methyl sites for hydroxylation is 2. The van der Waals surface area contributed by atoms with Crippen molar-refractivity contribution in [2.24, 2.45) is 5.92 Å². The largest absolute Gasteiger partial charge is 0.508 e. The highest BCUT2D eigenvalue weighted by Gasteiger charge is 2.13. The Kier molecular flexibility index (Phi) is 6.28. The first-order chi connectivity index (χ1) is 14.2. The molecule has 152 valence electrons. The quantitative estimate of drug-likeness (QED) is 0.498. The number of phenolic OH excluding ortho intramolecular Hbond substituents is 1. The van der Waals surface area contributed by atoms with Crippen molar-refractivity contribution in [1.82, 2.24) is 9.38 Å². The first-order valence-electron chi connectivity index (χ1n) is 11.0. The van der Waals surface area contributed by atoms with Gasteiger partial charge in [0.25, 0.3) is 0 Å². The summed E-state index contributed by atoms with van der Waals surface area (Å²) in [6.45, 7) is 0. The Morgan fingerprint density at radius 2 is 1.79 bits per heavy atom. The number of ketones is 1. The van der Waals surface area contributed by atoms with E-state index in [4.69, 9.17) is 0 Å². The number of Topliss-reactive ketones (excluding diaryl/α,β-unsaturated/α-hetero) is 1. The Bertz CT molecular complexity index is 953. The normalized spacial score (nSPS) is 15.0. The van der Waals surface area contributed by atoms with E-state index in [9.17, 15) is 9.90 Å². The molecule has 1 aromatic carbocycles. The zero-order chi connectivity index (χ0) is 20.1. The monoisotopic (exact) mass is 390 g/mol. The molecule has 1 N–H and O–H groups in total. The van der Waals surface area contributed by atoms with E-state index in [-0.39, 0.29) is 11.5 Å². The molecular weight excluding hydrogens is 360 g/mol. The van der Waals surface area contributed by atoms with E-state index in [1.165, 1.54) is 50.5 Å². The van der Waals surface area contributed by atoms with Crippen LogP contribution in [0.4, 0.5) is 0 Å². The first kappa shape index (κ1) is 19.7. The highest BCUT2D eigenvalue weighted by molar-refractivity contribution is 5.96. The van der Waals surface area contributed by atoms with Crippen molar-refractivity contribution in [2.75, 3.05) is 0 Å². The van der Waals surface area contributed by atoms with Gasteiger partial charge in [-0.3, -0.25) is 4.79 Å². The summed E-state index contributed by atoms with van der Waals surface area (Å²) in [7, 11) is 0. The topological polar surface area (TPSA) is 54.6 Å². The number of nitrogens with zero attached hydrogens (tertiary/aromatic N) is 2. The van der Waals surface area contributed by atoms with Crippen LogP contribution >= 0.6 is 0 Å². The molecule has 1 aliphatic rings. The number of hydrogen-bond acceptors (Lipinski definition) is 3. The van der Waals surface area contributed by atoms with Gasteiger partial charge in [0.1, 0.15) is 11.4 Å². The van der Waals surface area contributed by atoms with Crippen LogP contribution in [0, 0.1) is 5.92 Å². The SMILES string of the molecule is O=C(CCc1cn2cc(CCCC3CCCCC3)ccc2n1)c1ccc(O)cc1. The molecule has 0 spiro atoms. The number of hydrogen-bond donors (Lipinski definition) is 1. The third-order valence-corrected chi connectivity index (χ3v) is 6.16. The van der Waals surface area contributed by atoms with E-state index in [0.29, 0.717) is 18.4 Å². The molecule has 2 heterocycles. The zero-order valence-corrected chi connectivity index (χ0v) is 17.0. The molecule has 29 heavy (non-hydrogen) atoms. The number of carbonyl (C=O) groups is 1. The summed E-state index contributed by atoms with van der Waals surface area (Å²) >= 11 is 0. The Labute approximate surface area is 172 Å². The maximum atomic E-state index is 12.3. The third kappa shape index (κ3) is 5.26. The van der Waals surface area contributed by atoms with Gasteiger partial charge in [-0.1, -0.05) is 44.6 Å². The van der Waals surface area contributed by atoms with Crippen LogP contribution in [0.15, 0.2) is 48.8 Å². The van der Waals surface area contributed by atoms with Crippen LogP contribution in [-0.4, -0.2) is 20.3 Å². The summed E-state index contributed by atoms with van der Waals surface area (Å²) in [6.07, 6.45) is 16.1. The van der Waals surface area contributed by atoms with Crippen LogP contribution in [0.2, 0.25) is 0 Å². The zero-order valence-electron chi connectivity index (χ0n) is 17.0. The van der Waals surface area contributed by atoms with E-state index in [1.807, 2.05) is 6.20 Å². The summed E-state index contributed by atoms with van der Waals surface area (Å²) in [5.41, 5.74) is 3.87. The fourth-order valence-corrected chi connectivity index (χ4v) is 4.46. The molecule has 0 atom stereocenters. The molecule has 0 bridgehead atoms. The minimum Gasteiger partial charge on any atom is -0.508 e. The van der Waals surface area contributed by atoms with Gasteiger partial charge < -0.3 is 9.51 Å². The number of aromatic hydroxyl groups is 1.